The summed E-state index contributed by atoms with van der Waals surface area (Å²) in [5.74, 6) is 0.0114. The van der Waals surface area contributed by atoms with Gasteiger partial charge >= 0.3 is 0 Å². The smallest absolute Gasteiger partial charge is 0.222 e. The number of hydrogen-bond donors (Lipinski definition) is 1. The normalized spacial score (nSPS) is 12.2. The van der Waals surface area contributed by atoms with Crippen LogP contribution in [0, 0.1) is 0 Å². The number of methoxy groups -OCH3 is 1. The fraction of sp³-hybridized carbons (Fsp3) is 0.417. The van der Waals surface area contributed by atoms with E-state index in [9.17, 15) is 4.79 Å². The van der Waals surface area contributed by atoms with Crippen molar-refractivity contribution in [2.45, 2.75) is 19.4 Å². The maximum atomic E-state index is 11.5. The van der Waals surface area contributed by atoms with Crippen LogP contribution in [0.2, 0.25) is 0 Å². The van der Waals surface area contributed by atoms with Gasteiger partial charge in [0.2, 0.25) is 5.91 Å². The summed E-state index contributed by atoms with van der Waals surface area (Å²) >= 11 is 3.38. The molecule has 0 aliphatic rings. The zero-order chi connectivity index (χ0) is 12.0. The Morgan fingerprint density at radius 3 is 2.62 bits per heavy atom. The molecule has 1 aromatic rings. The first-order chi connectivity index (χ1) is 7.63. The predicted molar refractivity (Wildman–Crippen MR) is 67.2 cm³/mol. The van der Waals surface area contributed by atoms with E-state index in [-0.39, 0.29) is 11.9 Å². The van der Waals surface area contributed by atoms with Crippen LogP contribution >= 0.6 is 15.9 Å². The van der Waals surface area contributed by atoms with Crippen LogP contribution < -0.4 is 5.32 Å². The standard InChI is InChI=1S/C12H16BrNO2/c1-9(14-12(15)7-8-16-2)10-3-5-11(13)6-4-10/h3-6,9H,7-8H2,1-2H3,(H,14,15)/t9-/m1/s1. The summed E-state index contributed by atoms with van der Waals surface area (Å²) in [5, 5.41) is 2.92. The fourth-order valence-electron chi connectivity index (χ4n) is 1.34. The molecule has 4 heteroatoms. The Hall–Kier alpha value is -0.870. The molecule has 3 nitrogen and oxygen atoms in total. The van der Waals surface area contributed by atoms with Gasteiger partial charge in [-0.15, -0.1) is 0 Å². The van der Waals surface area contributed by atoms with E-state index in [0.29, 0.717) is 13.0 Å². The third kappa shape index (κ3) is 4.33. The average molecular weight is 286 g/mol. The summed E-state index contributed by atoms with van der Waals surface area (Å²) in [6, 6.07) is 7.94. The van der Waals surface area contributed by atoms with Gasteiger partial charge in [-0.1, -0.05) is 28.1 Å². The van der Waals surface area contributed by atoms with Gasteiger partial charge in [0, 0.05) is 18.0 Å². The van der Waals surface area contributed by atoms with Crippen LogP contribution in [-0.2, 0) is 9.53 Å². The summed E-state index contributed by atoms with van der Waals surface area (Å²) < 4.78 is 5.88. The van der Waals surface area contributed by atoms with Gasteiger partial charge in [-0.3, -0.25) is 4.79 Å². The molecule has 0 spiro atoms. The Kier molecular flexibility index (Phi) is 5.49. The lowest BCUT2D eigenvalue weighted by molar-refractivity contribution is -0.122. The molecule has 1 amide bonds. The Morgan fingerprint density at radius 1 is 1.44 bits per heavy atom. The van der Waals surface area contributed by atoms with E-state index >= 15 is 0 Å². The summed E-state index contributed by atoms with van der Waals surface area (Å²) in [5.41, 5.74) is 1.09. The van der Waals surface area contributed by atoms with E-state index in [1.165, 1.54) is 0 Å². The van der Waals surface area contributed by atoms with Crippen molar-refractivity contribution in [3.63, 3.8) is 0 Å². The Morgan fingerprint density at radius 2 is 2.06 bits per heavy atom. The first kappa shape index (κ1) is 13.2. The average Bonchev–Trinajstić information content (AvgIpc) is 2.27. The van der Waals surface area contributed by atoms with Gasteiger partial charge in [0.05, 0.1) is 12.6 Å². The molecule has 0 saturated carbocycles. The molecule has 0 aliphatic carbocycles. The highest BCUT2D eigenvalue weighted by Crippen LogP contribution is 2.16. The highest BCUT2D eigenvalue weighted by Gasteiger charge is 2.08. The van der Waals surface area contributed by atoms with E-state index in [1.807, 2.05) is 31.2 Å². The summed E-state index contributed by atoms with van der Waals surface area (Å²) in [6.07, 6.45) is 0.400. The van der Waals surface area contributed by atoms with Gasteiger partial charge in [0.1, 0.15) is 0 Å². The van der Waals surface area contributed by atoms with Gasteiger partial charge in [0.15, 0.2) is 0 Å². The second-order valence-corrected chi connectivity index (χ2v) is 4.50. The third-order valence-corrected chi connectivity index (χ3v) is 2.81. The monoisotopic (exact) mass is 285 g/mol. The Labute approximate surface area is 104 Å². The molecule has 1 rings (SSSR count). The Bertz CT molecular complexity index is 337. The first-order valence-corrected chi connectivity index (χ1v) is 5.96. The van der Waals surface area contributed by atoms with E-state index in [4.69, 9.17) is 4.74 Å². The maximum Gasteiger partial charge on any atom is 0.222 e. The number of hydrogen-bond acceptors (Lipinski definition) is 2. The number of benzene rings is 1. The van der Waals surface area contributed by atoms with Crippen molar-refractivity contribution in [2.24, 2.45) is 0 Å². The SMILES string of the molecule is COCCC(=O)N[C@H](C)c1ccc(Br)cc1. The van der Waals surface area contributed by atoms with Crippen molar-refractivity contribution in [1.29, 1.82) is 0 Å². The molecule has 0 radical (unpaired) electrons. The molecule has 0 heterocycles. The molecular formula is C12H16BrNO2. The van der Waals surface area contributed by atoms with E-state index < -0.39 is 0 Å². The minimum atomic E-state index is 0.0114. The molecule has 88 valence electrons. The number of nitrogens with one attached hydrogen (secondary N) is 1. The van der Waals surface area contributed by atoms with Crippen molar-refractivity contribution in [1.82, 2.24) is 5.32 Å². The van der Waals surface area contributed by atoms with Crippen molar-refractivity contribution in [3.05, 3.63) is 34.3 Å². The predicted octanol–water partition coefficient (Wildman–Crippen LogP) is 2.66. The summed E-state index contributed by atoms with van der Waals surface area (Å²) in [4.78, 5) is 11.5. The van der Waals surface area contributed by atoms with Crippen molar-refractivity contribution in [3.8, 4) is 0 Å². The number of carbonyl (C=O) groups is 1. The molecule has 1 aromatic carbocycles. The van der Waals surface area contributed by atoms with Crippen molar-refractivity contribution in [2.75, 3.05) is 13.7 Å². The molecular weight excluding hydrogens is 270 g/mol. The zero-order valence-corrected chi connectivity index (χ0v) is 11.1. The van der Waals surface area contributed by atoms with Crippen LogP contribution in [0.15, 0.2) is 28.7 Å². The second kappa shape index (κ2) is 6.66. The lowest BCUT2D eigenvalue weighted by Crippen LogP contribution is -2.27. The second-order valence-electron chi connectivity index (χ2n) is 3.58. The Balaban J connectivity index is 2.48. The quantitative estimate of drug-likeness (QED) is 0.903. The van der Waals surface area contributed by atoms with E-state index in [0.717, 1.165) is 10.0 Å². The summed E-state index contributed by atoms with van der Waals surface area (Å²) in [6.45, 7) is 2.42. The highest BCUT2D eigenvalue weighted by molar-refractivity contribution is 9.10. The molecule has 1 N–H and O–H groups in total. The van der Waals surface area contributed by atoms with Gasteiger partial charge in [-0.2, -0.15) is 0 Å². The van der Waals surface area contributed by atoms with Crippen LogP contribution in [0.5, 0.6) is 0 Å². The molecule has 0 fully saturated rings. The molecule has 0 bridgehead atoms. The minimum Gasteiger partial charge on any atom is -0.384 e. The first-order valence-electron chi connectivity index (χ1n) is 5.17. The van der Waals surface area contributed by atoms with Crippen LogP contribution in [0.25, 0.3) is 0 Å². The molecule has 16 heavy (non-hydrogen) atoms. The molecule has 0 aliphatic heterocycles. The fourth-order valence-corrected chi connectivity index (χ4v) is 1.61. The zero-order valence-electron chi connectivity index (χ0n) is 9.50. The van der Waals surface area contributed by atoms with Gasteiger partial charge in [-0.25, -0.2) is 0 Å². The van der Waals surface area contributed by atoms with Crippen LogP contribution in [0.3, 0.4) is 0 Å². The summed E-state index contributed by atoms with van der Waals surface area (Å²) in [7, 11) is 1.59. The van der Waals surface area contributed by atoms with Crippen LogP contribution in [0.4, 0.5) is 0 Å². The van der Waals surface area contributed by atoms with Crippen molar-refractivity contribution >= 4 is 21.8 Å². The van der Waals surface area contributed by atoms with Gasteiger partial charge in [0.25, 0.3) is 0 Å². The number of amides is 1. The molecule has 0 unspecified atom stereocenters. The van der Waals surface area contributed by atoms with Crippen LogP contribution in [0.1, 0.15) is 24.9 Å². The van der Waals surface area contributed by atoms with E-state index in [1.54, 1.807) is 7.11 Å². The topological polar surface area (TPSA) is 38.3 Å². The number of carbonyl (C=O) groups excluding carboxylic acids is 1. The minimum absolute atomic E-state index is 0.0114. The van der Waals surface area contributed by atoms with Gasteiger partial charge in [-0.05, 0) is 24.6 Å². The number of ether oxygens (including phenoxy) is 1. The molecule has 1 atom stereocenters. The molecule has 0 saturated heterocycles. The molecule has 0 aromatic heterocycles. The van der Waals surface area contributed by atoms with Gasteiger partial charge < -0.3 is 10.1 Å². The maximum absolute atomic E-state index is 11.5. The lowest BCUT2D eigenvalue weighted by atomic mass is 10.1. The number of halogens is 1. The van der Waals surface area contributed by atoms with Crippen molar-refractivity contribution < 1.29 is 9.53 Å². The lowest BCUT2D eigenvalue weighted by Gasteiger charge is -2.14. The van der Waals surface area contributed by atoms with Crippen LogP contribution in [-0.4, -0.2) is 19.6 Å². The largest absolute Gasteiger partial charge is 0.384 e. The third-order valence-electron chi connectivity index (χ3n) is 2.28. The highest BCUT2D eigenvalue weighted by atomic mass is 79.9. The van der Waals surface area contributed by atoms with E-state index in [2.05, 4.69) is 21.2 Å². The number of rotatable bonds is 5.